The summed E-state index contributed by atoms with van der Waals surface area (Å²) in [7, 11) is 0. The van der Waals surface area contributed by atoms with Gasteiger partial charge < -0.3 is 25.2 Å². The van der Waals surface area contributed by atoms with Crippen LogP contribution in [0.4, 0.5) is 0 Å². The Labute approximate surface area is 197 Å². The molecule has 174 valence electrons. The van der Waals surface area contributed by atoms with Crippen LogP contribution < -0.4 is 10.5 Å². The number of carbonyl (C=O) groups excluding carboxylic acids is 3. The predicted octanol–water partition coefficient (Wildman–Crippen LogP) is 2.93. The second-order valence-corrected chi connectivity index (χ2v) is 8.42. The van der Waals surface area contributed by atoms with Crippen LogP contribution in [0.3, 0.4) is 0 Å². The van der Waals surface area contributed by atoms with E-state index in [0.29, 0.717) is 22.4 Å². The minimum Gasteiger partial charge on any atom is -0.507 e. The average molecular weight is 471 g/mol. The molecule has 0 fully saturated rings. The topological polar surface area (TPSA) is 119 Å². The summed E-state index contributed by atoms with van der Waals surface area (Å²) < 4.78 is 10.4. The highest BCUT2D eigenvalue weighted by molar-refractivity contribution is 7.80. The van der Waals surface area contributed by atoms with Gasteiger partial charge in [-0.25, -0.2) is 4.79 Å². The first-order valence-electron chi connectivity index (χ1n) is 10.5. The molecule has 0 aromatic heterocycles. The lowest BCUT2D eigenvalue weighted by molar-refractivity contribution is -0.145. The zero-order valence-electron chi connectivity index (χ0n) is 18.7. The first-order valence-corrected chi connectivity index (χ1v) is 10.9. The number of aromatic hydroxyl groups is 1. The molecule has 1 amide bonds. The van der Waals surface area contributed by atoms with Crippen LogP contribution in [0.15, 0.2) is 30.3 Å². The van der Waals surface area contributed by atoms with Gasteiger partial charge in [-0.3, -0.25) is 9.59 Å². The van der Waals surface area contributed by atoms with Crippen LogP contribution in [0, 0.1) is 0 Å². The van der Waals surface area contributed by atoms with Crippen molar-refractivity contribution in [2.24, 2.45) is 5.73 Å². The Balaban J connectivity index is 1.79. The summed E-state index contributed by atoms with van der Waals surface area (Å²) in [6, 6.07) is 7.95. The highest BCUT2D eigenvalue weighted by Crippen LogP contribution is 2.34. The van der Waals surface area contributed by atoms with Gasteiger partial charge in [0.2, 0.25) is 0 Å². The number of hydrogen-bond donors (Lipinski definition) is 2. The molecule has 3 N–H and O–H groups in total. The molecule has 0 saturated heterocycles. The summed E-state index contributed by atoms with van der Waals surface area (Å²) in [6.07, 6.45) is 0. The van der Waals surface area contributed by atoms with Gasteiger partial charge in [-0.1, -0.05) is 32.1 Å². The zero-order chi connectivity index (χ0) is 24.3. The number of rotatable bonds is 9. The maximum atomic E-state index is 13.0. The van der Waals surface area contributed by atoms with E-state index >= 15 is 0 Å². The third-order valence-corrected chi connectivity index (χ3v) is 5.54. The molecule has 0 atom stereocenters. The Bertz CT molecular complexity index is 1130. The third kappa shape index (κ3) is 5.31. The maximum absolute atomic E-state index is 13.0. The van der Waals surface area contributed by atoms with E-state index in [9.17, 15) is 19.5 Å². The van der Waals surface area contributed by atoms with E-state index in [1.54, 1.807) is 31.2 Å². The van der Waals surface area contributed by atoms with Gasteiger partial charge in [-0.05, 0) is 42.2 Å². The number of thiocarbonyl (C=S) groups is 1. The maximum Gasteiger partial charge on any atom is 0.344 e. The number of nitrogens with two attached hydrogens (primary N) is 1. The van der Waals surface area contributed by atoms with Crippen LogP contribution in [0.1, 0.15) is 64.1 Å². The van der Waals surface area contributed by atoms with Crippen molar-refractivity contribution in [2.75, 3.05) is 19.8 Å². The minimum atomic E-state index is -0.530. The number of phenolic OH excluding ortho intramolecular Hbond substituents is 1. The summed E-state index contributed by atoms with van der Waals surface area (Å²) in [4.78, 5) is 39.0. The molecular formula is C24H26N2O6S. The van der Waals surface area contributed by atoms with Crippen LogP contribution in [0.2, 0.25) is 0 Å². The van der Waals surface area contributed by atoms with E-state index in [1.807, 2.05) is 13.8 Å². The van der Waals surface area contributed by atoms with Crippen LogP contribution in [-0.2, 0) is 16.1 Å². The molecule has 0 bridgehead atoms. The molecule has 1 aliphatic heterocycles. The molecule has 9 heteroatoms. The Morgan fingerprint density at radius 1 is 1.24 bits per heavy atom. The number of amides is 1. The zero-order valence-corrected chi connectivity index (χ0v) is 19.5. The van der Waals surface area contributed by atoms with E-state index in [4.69, 9.17) is 27.4 Å². The van der Waals surface area contributed by atoms with Gasteiger partial charge in [0.25, 0.3) is 5.91 Å². The molecule has 0 unspecified atom stereocenters. The predicted molar refractivity (Wildman–Crippen MR) is 126 cm³/mol. The number of phenols is 1. The number of hydrogen-bond acceptors (Lipinski definition) is 7. The fourth-order valence-electron chi connectivity index (χ4n) is 3.65. The number of esters is 1. The molecule has 2 aromatic rings. The largest absolute Gasteiger partial charge is 0.507 e. The van der Waals surface area contributed by atoms with Gasteiger partial charge in [0, 0.05) is 23.7 Å². The van der Waals surface area contributed by atoms with Crippen molar-refractivity contribution in [2.45, 2.75) is 33.2 Å². The molecule has 1 aliphatic rings. The molecule has 3 rings (SSSR count). The van der Waals surface area contributed by atoms with Crippen molar-refractivity contribution < 1.29 is 29.0 Å². The lowest BCUT2D eigenvalue weighted by Gasteiger charge is -2.18. The van der Waals surface area contributed by atoms with Gasteiger partial charge in [-0.15, -0.1) is 0 Å². The lowest BCUT2D eigenvalue weighted by atomic mass is 9.97. The number of benzene rings is 2. The highest BCUT2D eigenvalue weighted by Gasteiger charge is 2.30. The van der Waals surface area contributed by atoms with Gasteiger partial charge in [0.1, 0.15) is 16.5 Å². The van der Waals surface area contributed by atoms with E-state index in [-0.39, 0.29) is 54.4 Å². The Morgan fingerprint density at radius 2 is 1.97 bits per heavy atom. The van der Waals surface area contributed by atoms with E-state index < -0.39 is 11.8 Å². The van der Waals surface area contributed by atoms with Crippen molar-refractivity contribution in [3.8, 4) is 11.5 Å². The van der Waals surface area contributed by atoms with Crippen molar-refractivity contribution in [1.82, 2.24) is 4.90 Å². The smallest absolute Gasteiger partial charge is 0.344 e. The molecule has 0 radical (unpaired) electrons. The average Bonchev–Trinajstić information content (AvgIpc) is 3.06. The molecule has 0 aliphatic carbocycles. The highest BCUT2D eigenvalue weighted by atomic mass is 32.1. The molecular weight excluding hydrogens is 444 g/mol. The first kappa shape index (κ1) is 24.2. The van der Waals surface area contributed by atoms with E-state index in [2.05, 4.69) is 0 Å². The lowest BCUT2D eigenvalue weighted by Crippen LogP contribution is -2.30. The normalized spacial score (nSPS) is 12.6. The van der Waals surface area contributed by atoms with E-state index in [0.717, 1.165) is 5.56 Å². The van der Waals surface area contributed by atoms with Crippen LogP contribution in [-0.4, -0.2) is 52.4 Å². The van der Waals surface area contributed by atoms with Crippen molar-refractivity contribution >= 4 is 34.9 Å². The number of ether oxygens (including phenoxy) is 2. The number of Topliss-reactive ketones (excluding diaryl/α,β-unsaturated/α-hetero) is 1. The quantitative estimate of drug-likeness (QED) is 0.326. The molecule has 0 saturated carbocycles. The Morgan fingerprint density at radius 3 is 2.61 bits per heavy atom. The summed E-state index contributed by atoms with van der Waals surface area (Å²) in [5.74, 6) is -1.26. The fraction of sp³-hybridized carbons (Fsp3) is 0.333. The number of ketones is 1. The molecule has 33 heavy (non-hydrogen) atoms. The first-order chi connectivity index (χ1) is 15.6. The van der Waals surface area contributed by atoms with Gasteiger partial charge in [0.05, 0.1) is 18.7 Å². The Kier molecular flexibility index (Phi) is 7.33. The standard InChI is InChI=1S/C24H26N2O6S/c1-4-31-22(29)12-32-21-9-19(27)18(8-17(21)13(2)3)20(28)11-26-10-15-7-14(23(25)33)5-6-16(15)24(26)30/h5-9,13,27H,4,10-12H2,1-3H3,(H2,25,33). The van der Waals surface area contributed by atoms with Crippen molar-refractivity contribution in [3.63, 3.8) is 0 Å². The van der Waals surface area contributed by atoms with Crippen LogP contribution in [0.25, 0.3) is 0 Å². The van der Waals surface area contributed by atoms with Crippen LogP contribution in [0.5, 0.6) is 11.5 Å². The monoisotopic (exact) mass is 470 g/mol. The molecule has 1 heterocycles. The third-order valence-electron chi connectivity index (χ3n) is 5.30. The number of nitrogens with zero attached hydrogens (tertiary/aromatic N) is 1. The number of fused-ring (bicyclic) bond motifs is 1. The number of carbonyl (C=O) groups is 3. The summed E-state index contributed by atoms with van der Waals surface area (Å²) in [5, 5.41) is 10.5. The SMILES string of the molecule is CCOC(=O)COc1cc(O)c(C(=O)CN2Cc3cc(C(N)=S)ccc3C2=O)cc1C(C)C. The summed E-state index contributed by atoms with van der Waals surface area (Å²) in [6.45, 7) is 5.46. The van der Waals surface area contributed by atoms with Gasteiger partial charge >= 0.3 is 5.97 Å². The molecule has 2 aromatic carbocycles. The Hall–Kier alpha value is -3.46. The fourth-order valence-corrected chi connectivity index (χ4v) is 3.77. The van der Waals surface area contributed by atoms with E-state index in [1.165, 1.54) is 11.0 Å². The summed E-state index contributed by atoms with van der Waals surface area (Å²) in [5.41, 5.74) is 8.29. The van der Waals surface area contributed by atoms with Gasteiger partial charge in [-0.2, -0.15) is 0 Å². The van der Waals surface area contributed by atoms with Gasteiger partial charge in [0.15, 0.2) is 12.4 Å². The minimum absolute atomic E-state index is 0.0504. The van der Waals surface area contributed by atoms with Crippen LogP contribution >= 0.6 is 12.2 Å². The van der Waals surface area contributed by atoms with Crippen molar-refractivity contribution in [3.05, 3.63) is 58.1 Å². The molecule has 0 spiro atoms. The molecule has 8 nitrogen and oxygen atoms in total. The van der Waals surface area contributed by atoms with Crippen molar-refractivity contribution in [1.29, 1.82) is 0 Å². The second kappa shape index (κ2) is 9.99. The second-order valence-electron chi connectivity index (χ2n) is 7.98. The summed E-state index contributed by atoms with van der Waals surface area (Å²) >= 11 is 4.99.